The number of nitrogens with one attached hydrogen (secondary N) is 1. The van der Waals surface area contributed by atoms with E-state index in [-0.39, 0.29) is 12.1 Å². The van der Waals surface area contributed by atoms with Crippen LogP contribution in [0.3, 0.4) is 0 Å². The second-order valence-electron chi connectivity index (χ2n) is 7.48. The smallest absolute Gasteiger partial charge is 0.323 e. The Balaban J connectivity index is 1.56. The molecule has 0 saturated carbocycles. The third-order valence-corrected chi connectivity index (χ3v) is 6.60. The van der Waals surface area contributed by atoms with Gasteiger partial charge < -0.3 is 24.3 Å². The second-order valence-corrected chi connectivity index (χ2v) is 8.46. The number of carbonyl (C=O) groups is 1. The number of para-hydroxylation sites is 1. The molecular formula is C25H23N3O3S. The first-order valence-corrected chi connectivity index (χ1v) is 11.2. The van der Waals surface area contributed by atoms with Crippen molar-refractivity contribution in [2.75, 3.05) is 19.5 Å². The van der Waals surface area contributed by atoms with Gasteiger partial charge in [-0.05, 0) is 47.3 Å². The minimum Gasteiger partial charge on any atom is -0.493 e. The first-order valence-electron chi connectivity index (χ1n) is 10.3. The Morgan fingerprint density at radius 2 is 1.84 bits per heavy atom. The Bertz CT molecular complexity index is 1250. The van der Waals surface area contributed by atoms with Crippen LogP contribution in [0.15, 0.2) is 78.3 Å². The third-order valence-electron chi connectivity index (χ3n) is 5.67. The molecule has 2 amide bonds. The Morgan fingerprint density at radius 1 is 1.00 bits per heavy atom. The number of benzene rings is 2. The predicted octanol–water partition coefficient (Wildman–Crippen LogP) is 5.69. The van der Waals surface area contributed by atoms with Gasteiger partial charge in [0, 0.05) is 22.8 Å². The molecule has 1 atom stereocenters. The summed E-state index contributed by atoms with van der Waals surface area (Å²) in [6.07, 6.45) is 2.06. The predicted molar refractivity (Wildman–Crippen MR) is 126 cm³/mol. The first kappa shape index (κ1) is 20.2. The van der Waals surface area contributed by atoms with Gasteiger partial charge in [0.25, 0.3) is 0 Å². The van der Waals surface area contributed by atoms with E-state index in [1.807, 2.05) is 40.6 Å². The van der Waals surface area contributed by atoms with E-state index in [0.717, 1.165) is 21.8 Å². The van der Waals surface area contributed by atoms with Crippen molar-refractivity contribution in [1.82, 2.24) is 9.47 Å². The van der Waals surface area contributed by atoms with Gasteiger partial charge in [0.05, 0.1) is 32.1 Å². The Morgan fingerprint density at radius 3 is 2.62 bits per heavy atom. The van der Waals surface area contributed by atoms with Crippen LogP contribution in [0, 0.1) is 0 Å². The lowest BCUT2D eigenvalue weighted by atomic mass is 10.1. The van der Waals surface area contributed by atoms with Crippen molar-refractivity contribution in [1.29, 1.82) is 0 Å². The summed E-state index contributed by atoms with van der Waals surface area (Å²) in [6.45, 7) is 0.486. The summed E-state index contributed by atoms with van der Waals surface area (Å²) in [5, 5.41) is 5.10. The second kappa shape index (κ2) is 8.43. The summed E-state index contributed by atoms with van der Waals surface area (Å²) < 4.78 is 12.9. The van der Waals surface area contributed by atoms with Gasteiger partial charge in [-0.15, -0.1) is 11.3 Å². The molecular weight excluding hydrogens is 422 g/mol. The standard InChI is InChI=1S/C25H23N3O3S/c1-30-21-12-11-18(15-22(21)31-2)26-25(29)28-16-17-7-3-4-8-19(17)27-13-5-9-20(27)24(28)23-10-6-14-32-23/h3-15,24H,16H2,1-2H3,(H,26,29)/t24-/m1/s1. The molecule has 2 aromatic carbocycles. The van der Waals surface area contributed by atoms with Crippen LogP contribution >= 0.6 is 11.3 Å². The fourth-order valence-electron chi connectivity index (χ4n) is 4.19. The zero-order valence-corrected chi connectivity index (χ0v) is 18.6. The van der Waals surface area contributed by atoms with Gasteiger partial charge in [0.1, 0.15) is 6.04 Å². The highest BCUT2D eigenvalue weighted by Gasteiger charge is 2.33. The SMILES string of the molecule is COc1ccc(NC(=O)N2Cc3ccccc3-n3cccc3[C@@H]2c2cccs2)cc1OC. The third kappa shape index (κ3) is 3.50. The molecule has 162 valence electrons. The van der Waals surface area contributed by atoms with Gasteiger partial charge in [0.2, 0.25) is 0 Å². The number of nitrogens with zero attached hydrogens (tertiary/aromatic N) is 2. The van der Waals surface area contributed by atoms with Gasteiger partial charge in [0.15, 0.2) is 11.5 Å². The minimum absolute atomic E-state index is 0.180. The maximum atomic E-state index is 13.7. The fourth-order valence-corrected chi connectivity index (χ4v) is 5.04. The topological polar surface area (TPSA) is 55.7 Å². The van der Waals surface area contributed by atoms with E-state index in [1.165, 1.54) is 0 Å². The summed E-state index contributed by atoms with van der Waals surface area (Å²) in [6, 6.07) is 21.4. The Kier molecular flexibility index (Phi) is 5.33. The number of amides is 2. The van der Waals surface area contributed by atoms with Crippen LogP contribution in [0.25, 0.3) is 5.69 Å². The van der Waals surface area contributed by atoms with Crippen molar-refractivity contribution < 1.29 is 14.3 Å². The number of fused-ring (bicyclic) bond motifs is 3. The van der Waals surface area contributed by atoms with Crippen LogP contribution in [0.5, 0.6) is 11.5 Å². The fraction of sp³-hybridized carbons (Fsp3) is 0.160. The largest absolute Gasteiger partial charge is 0.493 e. The van der Waals surface area contributed by atoms with E-state index in [1.54, 1.807) is 37.7 Å². The number of anilines is 1. The summed E-state index contributed by atoms with van der Waals surface area (Å²) in [5.41, 5.74) is 3.88. The van der Waals surface area contributed by atoms with Gasteiger partial charge in [-0.25, -0.2) is 4.79 Å². The van der Waals surface area contributed by atoms with Crippen molar-refractivity contribution >= 4 is 23.1 Å². The zero-order valence-electron chi connectivity index (χ0n) is 17.8. The number of aromatic nitrogens is 1. The van der Waals surface area contributed by atoms with E-state index >= 15 is 0 Å². The normalized spacial score (nSPS) is 14.8. The molecule has 3 heterocycles. The Labute approximate surface area is 190 Å². The summed E-state index contributed by atoms with van der Waals surface area (Å²) in [7, 11) is 3.17. The van der Waals surface area contributed by atoms with Crippen molar-refractivity contribution in [2.24, 2.45) is 0 Å². The van der Waals surface area contributed by atoms with Crippen LogP contribution in [-0.4, -0.2) is 29.7 Å². The van der Waals surface area contributed by atoms with Crippen LogP contribution in [0.1, 0.15) is 22.2 Å². The zero-order chi connectivity index (χ0) is 22.1. The van der Waals surface area contributed by atoms with Gasteiger partial charge >= 0.3 is 6.03 Å². The maximum Gasteiger partial charge on any atom is 0.323 e. The molecule has 0 unspecified atom stereocenters. The molecule has 32 heavy (non-hydrogen) atoms. The number of urea groups is 1. The number of thiophene rings is 1. The molecule has 0 saturated heterocycles. The minimum atomic E-state index is -0.211. The van der Waals surface area contributed by atoms with Crippen LogP contribution in [-0.2, 0) is 6.54 Å². The average Bonchev–Trinajstić information content (AvgIpc) is 3.50. The molecule has 0 fully saturated rings. The molecule has 0 spiro atoms. The van der Waals surface area contributed by atoms with Gasteiger partial charge in [-0.1, -0.05) is 24.3 Å². The average molecular weight is 446 g/mol. The number of rotatable bonds is 4. The molecule has 1 N–H and O–H groups in total. The van der Waals surface area contributed by atoms with Crippen molar-refractivity contribution in [2.45, 2.75) is 12.6 Å². The van der Waals surface area contributed by atoms with Crippen molar-refractivity contribution in [3.63, 3.8) is 0 Å². The van der Waals surface area contributed by atoms with E-state index < -0.39 is 0 Å². The number of carbonyl (C=O) groups excluding carboxylic acids is 1. The maximum absolute atomic E-state index is 13.7. The lowest BCUT2D eigenvalue weighted by molar-refractivity contribution is 0.195. The summed E-state index contributed by atoms with van der Waals surface area (Å²) >= 11 is 1.65. The molecule has 0 radical (unpaired) electrons. The van der Waals surface area contributed by atoms with E-state index in [2.05, 4.69) is 40.3 Å². The molecule has 1 aliphatic heterocycles. The monoisotopic (exact) mass is 445 g/mol. The Hall–Kier alpha value is -3.71. The van der Waals surface area contributed by atoms with Crippen LogP contribution in [0.4, 0.5) is 10.5 Å². The first-order chi connectivity index (χ1) is 15.7. The van der Waals surface area contributed by atoms with E-state index in [4.69, 9.17) is 9.47 Å². The number of hydrogen-bond donors (Lipinski definition) is 1. The molecule has 4 aromatic rings. The van der Waals surface area contributed by atoms with Gasteiger partial charge in [-0.3, -0.25) is 0 Å². The highest BCUT2D eigenvalue weighted by molar-refractivity contribution is 7.10. The highest BCUT2D eigenvalue weighted by Crippen LogP contribution is 2.39. The van der Waals surface area contributed by atoms with Crippen molar-refractivity contribution in [3.8, 4) is 17.2 Å². The quantitative estimate of drug-likeness (QED) is 0.439. The van der Waals surface area contributed by atoms with Gasteiger partial charge in [-0.2, -0.15) is 0 Å². The van der Waals surface area contributed by atoms with Crippen LogP contribution < -0.4 is 14.8 Å². The molecule has 0 bridgehead atoms. The molecule has 6 nitrogen and oxygen atoms in total. The molecule has 7 heteroatoms. The van der Waals surface area contributed by atoms with E-state index in [0.29, 0.717) is 23.7 Å². The summed E-state index contributed by atoms with van der Waals surface area (Å²) in [4.78, 5) is 16.7. The highest BCUT2D eigenvalue weighted by atomic mass is 32.1. The van der Waals surface area contributed by atoms with Crippen LogP contribution in [0.2, 0.25) is 0 Å². The van der Waals surface area contributed by atoms with E-state index in [9.17, 15) is 4.79 Å². The molecule has 0 aliphatic carbocycles. The molecule has 1 aliphatic rings. The number of hydrogen-bond acceptors (Lipinski definition) is 4. The number of ether oxygens (including phenoxy) is 2. The number of methoxy groups -OCH3 is 2. The van der Waals surface area contributed by atoms with Crippen molar-refractivity contribution in [3.05, 3.63) is 94.4 Å². The lowest BCUT2D eigenvalue weighted by Crippen LogP contribution is -2.37. The lowest BCUT2D eigenvalue weighted by Gasteiger charge is -2.30. The molecule has 5 rings (SSSR count). The summed E-state index contributed by atoms with van der Waals surface area (Å²) in [5.74, 6) is 1.18. The molecule has 2 aromatic heterocycles.